The summed E-state index contributed by atoms with van der Waals surface area (Å²) in [5, 5.41) is 7.14. The molecule has 0 radical (unpaired) electrons. The van der Waals surface area contributed by atoms with Crippen LogP contribution >= 0.6 is 0 Å². The predicted octanol–water partition coefficient (Wildman–Crippen LogP) is 3.55. The summed E-state index contributed by atoms with van der Waals surface area (Å²) in [5.74, 6) is 0.749. The van der Waals surface area contributed by atoms with Gasteiger partial charge < -0.3 is 10.1 Å². The Morgan fingerprint density at radius 2 is 2.00 bits per heavy atom. The summed E-state index contributed by atoms with van der Waals surface area (Å²) in [5.41, 5.74) is 4.66. The number of benzene rings is 2. The number of ether oxygens (including phenoxy) is 1. The van der Waals surface area contributed by atoms with Gasteiger partial charge in [0.05, 0.1) is 12.2 Å². The van der Waals surface area contributed by atoms with Crippen LogP contribution in [0.15, 0.2) is 54.7 Å². The van der Waals surface area contributed by atoms with Crippen LogP contribution in [0.2, 0.25) is 0 Å². The zero-order chi connectivity index (χ0) is 18.5. The van der Waals surface area contributed by atoms with Crippen molar-refractivity contribution in [2.45, 2.75) is 27.0 Å². The van der Waals surface area contributed by atoms with E-state index < -0.39 is 0 Å². The molecule has 0 bridgehead atoms. The minimum atomic E-state index is -0.121. The second-order valence-electron chi connectivity index (χ2n) is 6.42. The van der Waals surface area contributed by atoms with Gasteiger partial charge in [0.1, 0.15) is 12.4 Å². The normalized spacial score (nSPS) is 10.6. The largest absolute Gasteiger partial charge is 0.489 e. The molecular formula is C21H23N3O2. The molecule has 0 spiro atoms. The van der Waals surface area contributed by atoms with Crippen molar-refractivity contribution in [3.05, 3.63) is 82.7 Å². The summed E-state index contributed by atoms with van der Waals surface area (Å²) < 4.78 is 7.64. The molecule has 0 saturated carbocycles. The lowest BCUT2D eigenvalue weighted by molar-refractivity contribution is 0.0950. The fraction of sp³-hybridized carbons (Fsp3) is 0.238. The van der Waals surface area contributed by atoms with Crippen LogP contribution in [0, 0.1) is 13.8 Å². The third-order valence-corrected chi connectivity index (χ3v) is 4.13. The van der Waals surface area contributed by atoms with E-state index in [1.807, 2.05) is 63.5 Å². The first-order valence-corrected chi connectivity index (χ1v) is 8.57. The second kappa shape index (κ2) is 7.87. The van der Waals surface area contributed by atoms with Crippen molar-refractivity contribution in [3.63, 3.8) is 0 Å². The van der Waals surface area contributed by atoms with E-state index in [1.165, 1.54) is 0 Å². The van der Waals surface area contributed by atoms with Crippen molar-refractivity contribution >= 4 is 5.91 Å². The lowest BCUT2D eigenvalue weighted by atomic mass is 10.1. The number of amides is 1. The molecule has 1 amide bonds. The van der Waals surface area contributed by atoms with Crippen LogP contribution in [0.5, 0.6) is 5.75 Å². The van der Waals surface area contributed by atoms with Crippen LogP contribution in [0.1, 0.15) is 32.7 Å². The molecular weight excluding hydrogens is 326 g/mol. The number of aryl methyl sites for hydroxylation is 3. The molecule has 0 unspecified atom stereocenters. The maximum Gasteiger partial charge on any atom is 0.251 e. The van der Waals surface area contributed by atoms with Crippen molar-refractivity contribution in [2.75, 3.05) is 0 Å². The van der Waals surface area contributed by atoms with Gasteiger partial charge in [-0.3, -0.25) is 9.48 Å². The predicted molar refractivity (Wildman–Crippen MR) is 101 cm³/mol. The topological polar surface area (TPSA) is 56.1 Å². The number of carbonyl (C=O) groups is 1. The zero-order valence-corrected chi connectivity index (χ0v) is 15.3. The van der Waals surface area contributed by atoms with E-state index in [1.54, 1.807) is 10.7 Å². The SMILES string of the molecule is Cc1ccc(C)c(OCc2cccc(C(=O)NCc3ccn(C)n3)c2)c1. The van der Waals surface area contributed by atoms with Crippen LogP contribution in [0.4, 0.5) is 0 Å². The first-order valence-electron chi connectivity index (χ1n) is 8.57. The van der Waals surface area contributed by atoms with Crippen LogP contribution in [-0.2, 0) is 20.2 Å². The summed E-state index contributed by atoms with van der Waals surface area (Å²) >= 11 is 0. The van der Waals surface area contributed by atoms with Crippen LogP contribution in [-0.4, -0.2) is 15.7 Å². The van der Waals surface area contributed by atoms with Gasteiger partial charge in [-0.1, -0.05) is 24.3 Å². The molecule has 0 aliphatic rings. The van der Waals surface area contributed by atoms with E-state index >= 15 is 0 Å². The molecule has 1 N–H and O–H groups in total. The number of hydrogen-bond acceptors (Lipinski definition) is 3. The summed E-state index contributed by atoms with van der Waals surface area (Å²) in [7, 11) is 1.85. The second-order valence-corrected chi connectivity index (χ2v) is 6.42. The highest BCUT2D eigenvalue weighted by Gasteiger charge is 2.08. The quantitative estimate of drug-likeness (QED) is 0.740. The number of hydrogen-bond donors (Lipinski definition) is 1. The fourth-order valence-corrected chi connectivity index (χ4v) is 2.66. The van der Waals surface area contributed by atoms with Crippen molar-refractivity contribution in [1.82, 2.24) is 15.1 Å². The molecule has 5 heteroatoms. The van der Waals surface area contributed by atoms with Gasteiger partial charge in [-0.2, -0.15) is 5.10 Å². The Balaban J connectivity index is 1.62. The standard InChI is InChI=1S/C21H23N3O2/c1-15-7-8-16(2)20(11-15)26-14-17-5-4-6-18(12-17)21(25)22-13-19-9-10-24(3)23-19/h4-12H,13-14H2,1-3H3,(H,22,25). The number of carbonyl (C=O) groups excluding carboxylic acids is 1. The van der Waals surface area contributed by atoms with E-state index in [-0.39, 0.29) is 5.91 Å². The average Bonchev–Trinajstić information content (AvgIpc) is 3.06. The van der Waals surface area contributed by atoms with Crippen molar-refractivity contribution < 1.29 is 9.53 Å². The number of nitrogens with zero attached hydrogens (tertiary/aromatic N) is 2. The van der Waals surface area contributed by atoms with Gasteiger partial charge in [0.2, 0.25) is 0 Å². The van der Waals surface area contributed by atoms with Gasteiger partial charge >= 0.3 is 0 Å². The monoisotopic (exact) mass is 349 g/mol. The highest BCUT2D eigenvalue weighted by atomic mass is 16.5. The highest BCUT2D eigenvalue weighted by molar-refractivity contribution is 5.94. The van der Waals surface area contributed by atoms with Crippen LogP contribution in [0.25, 0.3) is 0 Å². The van der Waals surface area contributed by atoms with E-state index in [2.05, 4.69) is 16.5 Å². The van der Waals surface area contributed by atoms with Crippen molar-refractivity contribution in [3.8, 4) is 5.75 Å². The lowest BCUT2D eigenvalue weighted by Crippen LogP contribution is -2.23. The Kier molecular flexibility index (Phi) is 5.37. The molecule has 0 atom stereocenters. The van der Waals surface area contributed by atoms with Crippen LogP contribution < -0.4 is 10.1 Å². The third kappa shape index (κ3) is 4.51. The van der Waals surface area contributed by atoms with E-state index in [9.17, 15) is 4.79 Å². The molecule has 0 aliphatic heterocycles. The Bertz CT molecular complexity index is 915. The summed E-state index contributed by atoms with van der Waals surface area (Å²) in [6, 6.07) is 15.5. The first-order chi connectivity index (χ1) is 12.5. The maximum atomic E-state index is 12.4. The lowest BCUT2D eigenvalue weighted by Gasteiger charge is -2.11. The molecule has 26 heavy (non-hydrogen) atoms. The zero-order valence-electron chi connectivity index (χ0n) is 15.3. The Labute approximate surface area is 153 Å². The van der Waals surface area contributed by atoms with Gasteiger partial charge in [-0.15, -0.1) is 0 Å². The minimum absolute atomic E-state index is 0.121. The number of nitrogens with one attached hydrogen (secondary N) is 1. The molecule has 3 aromatic rings. The average molecular weight is 349 g/mol. The number of aromatic nitrogens is 2. The smallest absolute Gasteiger partial charge is 0.251 e. The van der Waals surface area contributed by atoms with E-state index in [0.29, 0.717) is 18.7 Å². The number of rotatable bonds is 6. The highest BCUT2D eigenvalue weighted by Crippen LogP contribution is 2.20. The molecule has 0 aliphatic carbocycles. The molecule has 2 aromatic carbocycles. The van der Waals surface area contributed by atoms with Crippen molar-refractivity contribution in [2.24, 2.45) is 7.05 Å². The summed E-state index contributed by atoms with van der Waals surface area (Å²) in [6.45, 7) is 4.89. The molecule has 3 rings (SSSR count). The molecule has 0 fully saturated rings. The summed E-state index contributed by atoms with van der Waals surface area (Å²) in [4.78, 5) is 12.4. The third-order valence-electron chi connectivity index (χ3n) is 4.13. The first kappa shape index (κ1) is 17.7. The van der Waals surface area contributed by atoms with E-state index in [0.717, 1.165) is 28.1 Å². The van der Waals surface area contributed by atoms with E-state index in [4.69, 9.17) is 4.74 Å². The Hall–Kier alpha value is -3.08. The summed E-state index contributed by atoms with van der Waals surface area (Å²) in [6.07, 6.45) is 1.85. The minimum Gasteiger partial charge on any atom is -0.489 e. The maximum absolute atomic E-state index is 12.4. The van der Waals surface area contributed by atoms with Gasteiger partial charge in [0.15, 0.2) is 0 Å². The molecule has 0 saturated heterocycles. The molecule has 5 nitrogen and oxygen atoms in total. The van der Waals surface area contributed by atoms with Gasteiger partial charge in [-0.05, 0) is 54.8 Å². The van der Waals surface area contributed by atoms with Crippen molar-refractivity contribution in [1.29, 1.82) is 0 Å². The van der Waals surface area contributed by atoms with Gasteiger partial charge in [0.25, 0.3) is 5.91 Å². The molecule has 1 heterocycles. The van der Waals surface area contributed by atoms with Crippen LogP contribution in [0.3, 0.4) is 0 Å². The molecule has 1 aromatic heterocycles. The van der Waals surface area contributed by atoms with Gasteiger partial charge in [0, 0.05) is 18.8 Å². The van der Waals surface area contributed by atoms with Gasteiger partial charge in [-0.25, -0.2) is 0 Å². The Morgan fingerprint density at radius 3 is 2.77 bits per heavy atom. The Morgan fingerprint density at radius 1 is 1.15 bits per heavy atom. The fourth-order valence-electron chi connectivity index (χ4n) is 2.66. The molecule has 134 valence electrons.